The molecule has 0 aliphatic rings. The fourth-order valence-corrected chi connectivity index (χ4v) is 3.98. The van der Waals surface area contributed by atoms with Gasteiger partial charge in [0.25, 0.3) is 0 Å². The van der Waals surface area contributed by atoms with Crippen LogP contribution in [0.25, 0.3) is 0 Å². The number of aliphatic hydroxyl groups excluding tert-OH is 1. The van der Waals surface area contributed by atoms with Crippen molar-refractivity contribution in [3.05, 3.63) is 40.4 Å². The smallest absolute Gasteiger partial charge is 0.244 e. The van der Waals surface area contributed by atoms with Crippen molar-refractivity contribution in [2.45, 2.75) is 11.4 Å². The van der Waals surface area contributed by atoms with Gasteiger partial charge in [-0.05, 0) is 12.1 Å². The molecule has 112 valence electrons. The van der Waals surface area contributed by atoms with Gasteiger partial charge in [0, 0.05) is 30.2 Å². The first kappa shape index (κ1) is 17.4. The van der Waals surface area contributed by atoms with E-state index in [4.69, 9.17) is 34.0 Å². The van der Waals surface area contributed by atoms with Crippen molar-refractivity contribution in [3.8, 4) is 0 Å². The Balaban J connectivity index is 3.37. The number of benzene rings is 1. The first-order valence-electron chi connectivity index (χ1n) is 5.79. The van der Waals surface area contributed by atoms with Crippen LogP contribution in [0.5, 0.6) is 0 Å². The normalized spacial score (nSPS) is 11.8. The molecule has 0 spiro atoms. The van der Waals surface area contributed by atoms with E-state index in [1.165, 1.54) is 18.2 Å². The van der Waals surface area contributed by atoms with Crippen LogP contribution in [-0.2, 0) is 16.6 Å². The molecule has 0 aliphatic carbocycles. The van der Waals surface area contributed by atoms with E-state index < -0.39 is 10.0 Å². The van der Waals surface area contributed by atoms with Gasteiger partial charge in [-0.15, -0.1) is 6.58 Å². The van der Waals surface area contributed by atoms with Crippen molar-refractivity contribution in [3.63, 3.8) is 0 Å². The maximum Gasteiger partial charge on any atom is 0.244 e. The monoisotopic (exact) mass is 338 g/mol. The number of rotatable bonds is 7. The molecule has 0 amide bonds. The standard InChI is InChI=1S/C12H16Cl2N2O3S/c1-2-5-16(6-7-17)20(18,19)11-4-3-10(13)9(8-15)12(11)14/h2-4,17H,1,5-8,15H2. The van der Waals surface area contributed by atoms with Crippen LogP contribution < -0.4 is 5.73 Å². The molecule has 0 saturated carbocycles. The third kappa shape index (κ3) is 3.52. The molecule has 8 heteroatoms. The van der Waals surface area contributed by atoms with Gasteiger partial charge in [0.2, 0.25) is 10.0 Å². The molecule has 0 fully saturated rings. The molecule has 1 aromatic rings. The molecular weight excluding hydrogens is 323 g/mol. The lowest BCUT2D eigenvalue weighted by Crippen LogP contribution is -2.34. The van der Waals surface area contributed by atoms with E-state index in [0.29, 0.717) is 10.6 Å². The molecule has 0 heterocycles. The molecule has 5 nitrogen and oxygen atoms in total. The Hall–Kier alpha value is -0.630. The quantitative estimate of drug-likeness (QED) is 0.740. The van der Waals surface area contributed by atoms with Crippen LogP contribution in [0.3, 0.4) is 0 Å². The average molecular weight is 339 g/mol. The van der Waals surface area contributed by atoms with E-state index in [1.54, 1.807) is 0 Å². The lowest BCUT2D eigenvalue weighted by atomic mass is 10.2. The van der Waals surface area contributed by atoms with Crippen LogP contribution in [0.1, 0.15) is 5.56 Å². The van der Waals surface area contributed by atoms with Gasteiger partial charge in [0.15, 0.2) is 0 Å². The minimum atomic E-state index is -3.85. The van der Waals surface area contributed by atoms with Crippen molar-refractivity contribution in [2.24, 2.45) is 5.73 Å². The summed E-state index contributed by atoms with van der Waals surface area (Å²) in [6.07, 6.45) is 1.43. The second-order valence-corrected chi connectivity index (χ2v) is 6.61. The molecule has 1 aromatic carbocycles. The van der Waals surface area contributed by atoms with E-state index in [0.717, 1.165) is 4.31 Å². The lowest BCUT2D eigenvalue weighted by molar-refractivity contribution is 0.260. The van der Waals surface area contributed by atoms with Gasteiger partial charge in [-0.25, -0.2) is 8.42 Å². The summed E-state index contributed by atoms with van der Waals surface area (Å²) in [5.41, 5.74) is 5.90. The summed E-state index contributed by atoms with van der Waals surface area (Å²) in [6.45, 7) is 3.24. The molecule has 0 aromatic heterocycles. The zero-order valence-electron chi connectivity index (χ0n) is 10.7. The third-order valence-electron chi connectivity index (χ3n) is 2.65. The molecule has 0 aliphatic heterocycles. The predicted octanol–water partition coefficient (Wildman–Crippen LogP) is 1.62. The van der Waals surface area contributed by atoms with Gasteiger partial charge in [-0.1, -0.05) is 29.3 Å². The molecular formula is C12H16Cl2N2O3S. The second-order valence-electron chi connectivity index (χ2n) is 3.92. The van der Waals surface area contributed by atoms with Crippen LogP contribution in [0.4, 0.5) is 0 Å². The molecule has 3 N–H and O–H groups in total. The Morgan fingerprint density at radius 2 is 2.05 bits per heavy atom. The molecule has 0 radical (unpaired) electrons. The Kier molecular flexibility index (Phi) is 6.44. The first-order valence-corrected chi connectivity index (χ1v) is 7.98. The number of nitrogens with zero attached hydrogens (tertiary/aromatic N) is 1. The van der Waals surface area contributed by atoms with E-state index in [2.05, 4.69) is 6.58 Å². The average Bonchev–Trinajstić information content (AvgIpc) is 2.38. The van der Waals surface area contributed by atoms with Crippen molar-refractivity contribution < 1.29 is 13.5 Å². The second kappa shape index (κ2) is 7.40. The topological polar surface area (TPSA) is 83.6 Å². The molecule has 0 unspecified atom stereocenters. The highest BCUT2D eigenvalue weighted by atomic mass is 35.5. The van der Waals surface area contributed by atoms with Crippen molar-refractivity contribution in [1.82, 2.24) is 4.31 Å². The molecule has 0 bridgehead atoms. The number of sulfonamides is 1. The fraction of sp³-hybridized carbons (Fsp3) is 0.333. The van der Waals surface area contributed by atoms with E-state index in [1.807, 2.05) is 0 Å². The SMILES string of the molecule is C=CCN(CCO)S(=O)(=O)c1ccc(Cl)c(CN)c1Cl. The van der Waals surface area contributed by atoms with Crippen LogP contribution in [0, 0.1) is 0 Å². The summed E-state index contributed by atoms with van der Waals surface area (Å²) in [5.74, 6) is 0. The van der Waals surface area contributed by atoms with Crippen LogP contribution in [0.15, 0.2) is 29.7 Å². The minimum absolute atomic E-state index is 0.00648. The highest BCUT2D eigenvalue weighted by Crippen LogP contribution is 2.32. The molecule has 1 rings (SSSR count). The fourth-order valence-electron chi connectivity index (χ4n) is 1.67. The van der Waals surface area contributed by atoms with Gasteiger partial charge in [0.1, 0.15) is 4.90 Å². The van der Waals surface area contributed by atoms with E-state index in [-0.39, 0.29) is 36.2 Å². The van der Waals surface area contributed by atoms with Crippen molar-refractivity contribution in [2.75, 3.05) is 19.7 Å². The molecule has 0 saturated heterocycles. The maximum absolute atomic E-state index is 12.5. The number of hydrogen-bond donors (Lipinski definition) is 2. The van der Waals surface area contributed by atoms with Crippen LogP contribution in [0.2, 0.25) is 10.0 Å². The highest BCUT2D eigenvalue weighted by Gasteiger charge is 2.27. The zero-order valence-corrected chi connectivity index (χ0v) is 13.0. The summed E-state index contributed by atoms with van der Waals surface area (Å²) >= 11 is 12.0. The lowest BCUT2D eigenvalue weighted by Gasteiger charge is -2.21. The summed E-state index contributed by atoms with van der Waals surface area (Å²) in [7, 11) is -3.85. The maximum atomic E-state index is 12.5. The number of nitrogens with two attached hydrogens (primary N) is 1. The molecule has 0 atom stereocenters. The summed E-state index contributed by atoms with van der Waals surface area (Å²) < 4.78 is 26.1. The Labute approximate surface area is 128 Å². The number of halogens is 2. The van der Waals surface area contributed by atoms with Gasteiger partial charge in [-0.3, -0.25) is 0 Å². The summed E-state index contributed by atoms with van der Waals surface area (Å²) in [4.78, 5) is -0.0840. The van der Waals surface area contributed by atoms with Gasteiger partial charge in [0.05, 0.1) is 11.6 Å². The largest absolute Gasteiger partial charge is 0.395 e. The van der Waals surface area contributed by atoms with Crippen molar-refractivity contribution in [1.29, 1.82) is 0 Å². The van der Waals surface area contributed by atoms with Gasteiger partial charge < -0.3 is 10.8 Å². The molecule has 20 heavy (non-hydrogen) atoms. The predicted molar refractivity (Wildman–Crippen MR) is 80.4 cm³/mol. The summed E-state index contributed by atoms with van der Waals surface area (Å²) in [6, 6.07) is 2.76. The Bertz CT molecular complexity index is 591. The van der Waals surface area contributed by atoms with Crippen LogP contribution >= 0.6 is 23.2 Å². The van der Waals surface area contributed by atoms with E-state index >= 15 is 0 Å². The summed E-state index contributed by atoms with van der Waals surface area (Å²) in [5, 5.41) is 9.29. The Morgan fingerprint density at radius 3 is 2.55 bits per heavy atom. The van der Waals surface area contributed by atoms with Crippen molar-refractivity contribution >= 4 is 33.2 Å². The first-order chi connectivity index (χ1) is 9.39. The zero-order chi connectivity index (χ0) is 15.3. The minimum Gasteiger partial charge on any atom is -0.395 e. The van der Waals surface area contributed by atoms with E-state index in [9.17, 15) is 8.42 Å². The number of hydrogen-bond acceptors (Lipinski definition) is 4. The third-order valence-corrected chi connectivity index (χ3v) is 5.46. The number of aliphatic hydroxyl groups is 1. The van der Waals surface area contributed by atoms with Crippen LogP contribution in [-0.4, -0.2) is 37.5 Å². The Morgan fingerprint density at radius 1 is 1.40 bits per heavy atom. The highest BCUT2D eigenvalue weighted by molar-refractivity contribution is 7.89. The van der Waals surface area contributed by atoms with Gasteiger partial charge in [-0.2, -0.15) is 4.31 Å². The van der Waals surface area contributed by atoms with Gasteiger partial charge >= 0.3 is 0 Å².